The van der Waals surface area contributed by atoms with Crippen molar-refractivity contribution in [1.29, 1.82) is 0 Å². The van der Waals surface area contributed by atoms with Crippen LogP contribution in [0.1, 0.15) is 18.5 Å². The van der Waals surface area contributed by atoms with E-state index in [0.717, 1.165) is 43.5 Å². The molecule has 0 aromatic carbocycles. The molecule has 1 saturated heterocycles. The minimum Gasteiger partial charge on any atom is -0.469 e. The molecule has 0 aliphatic carbocycles. The zero-order valence-electron chi connectivity index (χ0n) is 10.6. The minimum atomic E-state index is -0.187. The van der Waals surface area contributed by atoms with Crippen molar-refractivity contribution in [3.8, 4) is 0 Å². The van der Waals surface area contributed by atoms with E-state index in [2.05, 4.69) is 14.6 Å². The van der Waals surface area contributed by atoms with E-state index in [1.807, 2.05) is 5.38 Å². The van der Waals surface area contributed by atoms with Gasteiger partial charge in [-0.3, -0.25) is 4.79 Å². The quantitative estimate of drug-likeness (QED) is 0.776. The van der Waals surface area contributed by atoms with Gasteiger partial charge in [-0.05, 0) is 6.42 Å². The van der Waals surface area contributed by atoms with Crippen LogP contribution in [0.3, 0.4) is 0 Å². The SMILES string of the molecule is COC(=O)CCc1csc(N2CCCOCC2)n1. The van der Waals surface area contributed by atoms with Crippen LogP contribution in [0, 0.1) is 0 Å². The highest BCUT2D eigenvalue weighted by Gasteiger charge is 2.14. The Hall–Kier alpha value is -1.14. The summed E-state index contributed by atoms with van der Waals surface area (Å²) >= 11 is 1.63. The maximum atomic E-state index is 11.1. The third-order valence-corrected chi connectivity index (χ3v) is 3.80. The predicted octanol–water partition coefficient (Wildman–Crippen LogP) is 1.48. The van der Waals surface area contributed by atoms with Gasteiger partial charge in [-0.1, -0.05) is 0 Å². The van der Waals surface area contributed by atoms with Gasteiger partial charge in [-0.15, -0.1) is 11.3 Å². The lowest BCUT2D eigenvalue weighted by atomic mass is 10.2. The normalized spacial score (nSPS) is 16.4. The largest absolute Gasteiger partial charge is 0.469 e. The number of carbonyl (C=O) groups excluding carboxylic acids is 1. The molecule has 0 atom stereocenters. The fourth-order valence-electron chi connectivity index (χ4n) is 1.83. The molecule has 1 fully saturated rings. The van der Waals surface area contributed by atoms with E-state index < -0.39 is 0 Å². The molecule has 1 aromatic rings. The highest BCUT2D eigenvalue weighted by molar-refractivity contribution is 7.13. The topological polar surface area (TPSA) is 51.7 Å². The van der Waals surface area contributed by atoms with Gasteiger partial charge in [-0.2, -0.15) is 0 Å². The summed E-state index contributed by atoms with van der Waals surface area (Å²) in [5, 5.41) is 3.05. The number of ether oxygens (including phenoxy) is 2. The van der Waals surface area contributed by atoms with Gasteiger partial charge in [0, 0.05) is 31.5 Å². The van der Waals surface area contributed by atoms with Crippen LogP contribution in [0.25, 0.3) is 0 Å². The van der Waals surface area contributed by atoms with Gasteiger partial charge in [-0.25, -0.2) is 4.98 Å². The van der Waals surface area contributed by atoms with Crippen LogP contribution in [-0.4, -0.2) is 44.4 Å². The van der Waals surface area contributed by atoms with Crippen LogP contribution >= 0.6 is 11.3 Å². The summed E-state index contributed by atoms with van der Waals surface area (Å²) < 4.78 is 10.0. The van der Waals surface area contributed by atoms with Gasteiger partial charge in [0.05, 0.1) is 25.8 Å². The Morgan fingerprint density at radius 2 is 2.44 bits per heavy atom. The Labute approximate surface area is 111 Å². The number of nitrogens with zero attached hydrogens (tertiary/aromatic N) is 2. The molecule has 0 bridgehead atoms. The summed E-state index contributed by atoms with van der Waals surface area (Å²) in [6.45, 7) is 3.47. The highest BCUT2D eigenvalue weighted by atomic mass is 32.1. The van der Waals surface area contributed by atoms with Crippen molar-refractivity contribution in [2.75, 3.05) is 38.3 Å². The number of anilines is 1. The van der Waals surface area contributed by atoms with Gasteiger partial charge >= 0.3 is 5.97 Å². The van der Waals surface area contributed by atoms with Crippen LogP contribution in [0.15, 0.2) is 5.38 Å². The van der Waals surface area contributed by atoms with E-state index in [1.165, 1.54) is 7.11 Å². The highest BCUT2D eigenvalue weighted by Crippen LogP contribution is 2.22. The molecule has 0 radical (unpaired) electrons. The van der Waals surface area contributed by atoms with Crippen molar-refractivity contribution in [2.24, 2.45) is 0 Å². The van der Waals surface area contributed by atoms with Crippen molar-refractivity contribution in [2.45, 2.75) is 19.3 Å². The van der Waals surface area contributed by atoms with E-state index in [-0.39, 0.29) is 5.97 Å². The van der Waals surface area contributed by atoms with E-state index >= 15 is 0 Å². The van der Waals surface area contributed by atoms with Crippen molar-refractivity contribution in [3.05, 3.63) is 11.1 Å². The smallest absolute Gasteiger partial charge is 0.305 e. The summed E-state index contributed by atoms with van der Waals surface area (Å²) in [6.07, 6.45) is 2.08. The second-order valence-electron chi connectivity index (χ2n) is 4.15. The molecule has 0 spiro atoms. The first-order chi connectivity index (χ1) is 8.79. The molecule has 1 aliphatic rings. The van der Waals surface area contributed by atoms with Crippen molar-refractivity contribution in [1.82, 2.24) is 4.98 Å². The molecular formula is C12H18N2O3S. The minimum absolute atomic E-state index is 0.187. The van der Waals surface area contributed by atoms with Crippen molar-refractivity contribution >= 4 is 22.4 Å². The van der Waals surface area contributed by atoms with Gasteiger partial charge in [0.2, 0.25) is 0 Å². The fourth-order valence-corrected chi connectivity index (χ4v) is 2.74. The average molecular weight is 270 g/mol. The molecule has 6 heteroatoms. The van der Waals surface area contributed by atoms with Crippen LogP contribution in [0.4, 0.5) is 5.13 Å². The first-order valence-electron chi connectivity index (χ1n) is 6.13. The number of hydrogen-bond donors (Lipinski definition) is 0. The summed E-state index contributed by atoms with van der Waals surface area (Å²) in [6, 6.07) is 0. The Kier molecular flexibility index (Phi) is 4.95. The summed E-state index contributed by atoms with van der Waals surface area (Å²) in [4.78, 5) is 17.9. The molecule has 0 N–H and O–H groups in total. The van der Waals surface area contributed by atoms with Gasteiger partial charge in [0.1, 0.15) is 0 Å². The van der Waals surface area contributed by atoms with Crippen LogP contribution in [0.5, 0.6) is 0 Å². The third-order valence-electron chi connectivity index (χ3n) is 2.85. The zero-order valence-corrected chi connectivity index (χ0v) is 11.4. The Balaban J connectivity index is 1.90. The Bertz CT molecular complexity index is 386. The molecular weight excluding hydrogens is 252 g/mol. The average Bonchev–Trinajstić information content (AvgIpc) is 2.69. The molecule has 2 rings (SSSR count). The third kappa shape index (κ3) is 3.68. The van der Waals surface area contributed by atoms with Crippen LogP contribution < -0.4 is 4.90 Å². The Morgan fingerprint density at radius 1 is 1.56 bits per heavy atom. The maximum Gasteiger partial charge on any atom is 0.305 e. The predicted molar refractivity (Wildman–Crippen MR) is 70.1 cm³/mol. The standard InChI is InChI=1S/C12H18N2O3S/c1-16-11(15)4-3-10-9-18-12(13-10)14-5-2-7-17-8-6-14/h9H,2-8H2,1H3. The second-order valence-corrected chi connectivity index (χ2v) is 4.99. The lowest BCUT2D eigenvalue weighted by molar-refractivity contribution is -0.140. The zero-order chi connectivity index (χ0) is 12.8. The monoisotopic (exact) mass is 270 g/mol. The van der Waals surface area contributed by atoms with E-state index in [4.69, 9.17) is 4.74 Å². The lowest BCUT2D eigenvalue weighted by Crippen LogP contribution is -2.25. The lowest BCUT2D eigenvalue weighted by Gasteiger charge is -2.17. The molecule has 2 heterocycles. The molecule has 1 aromatic heterocycles. The Morgan fingerprint density at radius 3 is 3.28 bits per heavy atom. The number of methoxy groups -OCH3 is 1. The van der Waals surface area contributed by atoms with Gasteiger partial charge < -0.3 is 14.4 Å². The van der Waals surface area contributed by atoms with Gasteiger partial charge in [0.25, 0.3) is 0 Å². The molecule has 1 aliphatic heterocycles. The van der Waals surface area contributed by atoms with Crippen LogP contribution in [-0.2, 0) is 20.7 Å². The fraction of sp³-hybridized carbons (Fsp3) is 0.667. The number of hydrogen-bond acceptors (Lipinski definition) is 6. The first kappa shape index (κ1) is 13.3. The molecule has 100 valence electrons. The molecule has 0 saturated carbocycles. The number of thiazole rings is 1. The maximum absolute atomic E-state index is 11.1. The molecule has 18 heavy (non-hydrogen) atoms. The van der Waals surface area contributed by atoms with Crippen LogP contribution in [0.2, 0.25) is 0 Å². The molecule has 5 nitrogen and oxygen atoms in total. The summed E-state index contributed by atoms with van der Waals surface area (Å²) in [5.41, 5.74) is 0.963. The van der Waals surface area contributed by atoms with Crippen molar-refractivity contribution < 1.29 is 14.3 Å². The number of esters is 1. The first-order valence-corrected chi connectivity index (χ1v) is 7.01. The number of aromatic nitrogens is 1. The van der Waals surface area contributed by atoms with E-state index in [9.17, 15) is 4.79 Å². The van der Waals surface area contributed by atoms with E-state index in [1.54, 1.807) is 11.3 Å². The number of carbonyl (C=O) groups is 1. The van der Waals surface area contributed by atoms with Gasteiger partial charge in [0.15, 0.2) is 5.13 Å². The summed E-state index contributed by atoms with van der Waals surface area (Å²) in [7, 11) is 1.41. The van der Waals surface area contributed by atoms with Crippen molar-refractivity contribution in [3.63, 3.8) is 0 Å². The van der Waals surface area contributed by atoms with E-state index in [0.29, 0.717) is 12.8 Å². The molecule has 0 unspecified atom stereocenters. The molecule has 0 amide bonds. The second kappa shape index (κ2) is 6.70. The number of aryl methyl sites for hydroxylation is 1. The number of rotatable bonds is 4. The summed E-state index contributed by atoms with van der Waals surface area (Å²) in [5.74, 6) is -0.187.